The molecule has 24 heavy (non-hydrogen) atoms. The molecule has 2 aromatic carbocycles. The lowest BCUT2D eigenvalue weighted by molar-refractivity contribution is -0.117. The average Bonchev–Trinajstić information content (AvgIpc) is 3.13. The molecule has 0 aromatic heterocycles. The molecule has 1 aliphatic rings. The molecule has 6 nitrogen and oxygen atoms in total. The van der Waals surface area contributed by atoms with Crippen LogP contribution in [0.5, 0.6) is 0 Å². The molecule has 1 aliphatic heterocycles. The molecule has 1 heterocycles. The summed E-state index contributed by atoms with van der Waals surface area (Å²) < 4.78 is 0. The van der Waals surface area contributed by atoms with Gasteiger partial charge in [0.05, 0.1) is 0 Å². The van der Waals surface area contributed by atoms with Gasteiger partial charge in [-0.15, -0.1) is 0 Å². The fourth-order valence-corrected chi connectivity index (χ4v) is 2.71. The number of benzene rings is 2. The van der Waals surface area contributed by atoms with Crippen LogP contribution in [0.4, 0.5) is 5.69 Å². The Bertz CT molecular complexity index is 716. The Labute approximate surface area is 140 Å². The van der Waals surface area contributed by atoms with Gasteiger partial charge in [0.1, 0.15) is 6.04 Å². The number of hydrogen-bond acceptors (Lipinski definition) is 4. The van der Waals surface area contributed by atoms with E-state index in [2.05, 4.69) is 21.5 Å². The third kappa shape index (κ3) is 3.61. The monoisotopic (exact) mass is 324 g/mol. The number of anilines is 1. The fraction of sp³-hybridized carbons (Fsp3) is 0.222. The van der Waals surface area contributed by atoms with Crippen LogP contribution in [0.3, 0.4) is 0 Å². The van der Waals surface area contributed by atoms with Crippen LogP contribution in [0, 0.1) is 0 Å². The van der Waals surface area contributed by atoms with E-state index < -0.39 is 0 Å². The maximum atomic E-state index is 12.4. The van der Waals surface area contributed by atoms with E-state index in [1.165, 1.54) is 0 Å². The van der Waals surface area contributed by atoms with Gasteiger partial charge in [0, 0.05) is 24.3 Å². The first-order valence-electron chi connectivity index (χ1n) is 7.86. The van der Waals surface area contributed by atoms with Crippen LogP contribution in [0.1, 0.15) is 28.4 Å². The fourth-order valence-electron chi connectivity index (χ4n) is 2.71. The summed E-state index contributed by atoms with van der Waals surface area (Å²) >= 11 is 0. The first-order chi connectivity index (χ1) is 11.7. The van der Waals surface area contributed by atoms with Crippen LogP contribution >= 0.6 is 0 Å². The Morgan fingerprint density at radius 3 is 2.38 bits per heavy atom. The Hall–Kier alpha value is -2.70. The molecule has 0 radical (unpaired) electrons. The molecule has 0 saturated carbocycles. The molecule has 6 heteroatoms. The van der Waals surface area contributed by atoms with Gasteiger partial charge >= 0.3 is 0 Å². The predicted octanol–water partition coefficient (Wildman–Crippen LogP) is 1.59. The number of carbonyl (C=O) groups is 2. The topological polar surface area (TPSA) is 82.3 Å². The number of carbonyl (C=O) groups excluding carboxylic acids is 2. The normalized spacial score (nSPS) is 19.7. The molecule has 0 aliphatic carbocycles. The van der Waals surface area contributed by atoms with Crippen molar-refractivity contribution in [3.05, 3.63) is 65.7 Å². The van der Waals surface area contributed by atoms with Gasteiger partial charge < -0.3 is 10.6 Å². The molecule has 2 amide bonds. The van der Waals surface area contributed by atoms with Crippen LogP contribution in [-0.2, 0) is 4.79 Å². The summed E-state index contributed by atoms with van der Waals surface area (Å²) in [6.07, 6.45) is 0.673. The minimum atomic E-state index is -0.311. The third-order valence-electron chi connectivity index (χ3n) is 4.06. The Morgan fingerprint density at radius 2 is 1.71 bits per heavy atom. The van der Waals surface area contributed by atoms with Gasteiger partial charge in [-0.25, -0.2) is 10.9 Å². The first-order valence-corrected chi connectivity index (χ1v) is 7.86. The van der Waals surface area contributed by atoms with Gasteiger partial charge in [0.25, 0.3) is 5.91 Å². The molecule has 2 aromatic rings. The molecule has 4 N–H and O–H groups in total. The highest BCUT2D eigenvalue weighted by Crippen LogP contribution is 2.22. The molecule has 2 unspecified atom stereocenters. The zero-order chi connectivity index (χ0) is 16.9. The predicted molar refractivity (Wildman–Crippen MR) is 92.3 cm³/mol. The smallest absolute Gasteiger partial charge is 0.251 e. The van der Waals surface area contributed by atoms with Crippen molar-refractivity contribution < 1.29 is 9.59 Å². The van der Waals surface area contributed by atoms with E-state index in [1.54, 1.807) is 31.3 Å². The van der Waals surface area contributed by atoms with Crippen LogP contribution in [0.2, 0.25) is 0 Å². The maximum Gasteiger partial charge on any atom is 0.251 e. The molecular weight excluding hydrogens is 304 g/mol. The van der Waals surface area contributed by atoms with E-state index in [1.807, 2.05) is 30.3 Å². The van der Waals surface area contributed by atoms with Crippen molar-refractivity contribution in [1.29, 1.82) is 0 Å². The zero-order valence-corrected chi connectivity index (χ0v) is 13.4. The maximum absolute atomic E-state index is 12.4. The van der Waals surface area contributed by atoms with E-state index in [0.29, 0.717) is 17.7 Å². The van der Waals surface area contributed by atoms with Gasteiger partial charge in [0.2, 0.25) is 5.91 Å². The molecular formula is C18H20N4O2. The summed E-state index contributed by atoms with van der Waals surface area (Å²) in [5.41, 5.74) is 8.56. The second-order valence-electron chi connectivity index (χ2n) is 5.69. The molecule has 1 saturated heterocycles. The van der Waals surface area contributed by atoms with Crippen molar-refractivity contribution in [3.8, 4) is 0 Å². The van der Waals surface area contributed by atoms with Crippen LogP contribution in [0.25, 0.3) is 0 Å². The van der Waals surface area contributed by atoms with E-state index in [-0.39, 0.29) is 23.9 Å². The number of hydrogen-bond donors (Lipinski definition) is 4. The Balaban J connectivity index is 1.59. The molecule has 2 atom stereocenters. The standard InChI is InChI=1S/C18H20N4O2/c1-19-17(23)13-7-9-14(10-8-13)20-18(24)16-11-15(21-22-16)12-5-3-2-4-6-12/h2-10,15-16,21-22H,11H2,1H3,(H,19,23)(H,20,24). The highest BCUT2D eigenvalue weighted by atomic mass is 16.2. The minimum absolute atomic E-state index is 0.103. The van der Waals surface area contributed by atoms with Gasteiger partial charge in [-0.1, -0.05) is 30.3 Å². The second kappa shape index (κ2) is 7.25. The second-order valence-corrected chi connectivity index (χ2v) is 5.69. The summed E-state index contributed by atoms with van der Waals surface area (Å²) in [6, 6.07) is 16.6. The number of rotatable bonds is 4. The SMILES string of the molecule is CNC(=O)c1ccc(NC(=O)C2CC(c3ccccc3)NN2)cc1. The van der Waals surface area contributed by atoms with Gasteiger partial charge in [-0.2, -0.15) is 0 Å². The molecule has 3 rings (SSSR count). The lowest BCUT2D eigenvalue weighted by Crippen LogP contribution is -2.39. The first kappa shape index (κ1) is 16.2. The molecule has 124 valence electrons. The number of hydrazine groups is 1. The van der Waals surface area contributed by atoms with E-state index in [0.717, 1.165) is 5.56 Å². The van der Waals surface area contributed by atoms with E-state index >= 15 is 0 Å². The molecule has 0 spiro atoms. The highest BCUT2D eigenvalue weighted by Gasteiger charge is 2.29. The lowest BCUT2D eigenvalue weighted by atomic mass is 10.0. The van der Waals surface area contributed by atoms with Crippen molar-refractivity contribution in [2.75, 3.05) is 12.4 Å². The van der Waals surface area contributed by atoms with Gasteiger partial charge in [-0.3, -0.25) is 9.59 Å². The number of amides is 2. The summed E-state index contributed by atoms with van der Waals surface area (Å²) in [4.78, 5) is 23.9. The van der Waals surface area contributed by atoms with Crippen molar-refractivity contribution >= 4 is 17.5 Å². The van der Waals surface area contributed by atoms with Gasteiger partial charge in [0.15, 0.2) is 0 Å². The van der Waals surface area contributed by atoms with Crippen LogP contribution in [0.15, 0.2) is 54.6 Å². The zero-order valence-electron chi connectivity index (χ0n) is 13.4. The largest absolute Gasteiger partial charge is 0.355 e. The van der Waals surface area contributed by atoms with Gasteiger partial charge in [-0.05, 0) is 36.2 Å². The average molecular weight is 324 g/mol. The quantitative estimate of drug-likeness (QED) is 0.688. The molecule has 1 fully saturated rings. The van der Waals surface area contributed by atoms with Crippen molar-refractivity contribution in [1.82, 2.24) is 16.2 Å². The van der Waals surface area contributed by atoms with Crippen LogP contribution < -0.4 is 21.5 Å². The highest BCUT2D eigenvalue weighted by molar-refractivity contribution is 5.97. The summed E-state index contributed by atoms with van der Waals surface area (Å²) in [6.45, 7) is 0. The van der Waals surface area contributed by atoms with E-state index in [4.69, 9.17) is 0 Å². The number of nitrogens with one attached hydrogen (secondary N) is 4. The third-order valence-corrected chi connectivity index (χ3v) is 4.06. The Kier molecular flexibility index (Phi) is 4.88. The minimum Gasteiger partial charge on any atom is -0.355 e. The van der Waals surface area contributed by atoms with Crippen molar-refractivity contribution in [2.24, 2.45) is 0 Å². The van der Waals surface area contributed by atoms with Crippen LogP contribution in [-0.4, -0.2) is 24.9 Å². The molecule has 0 bridgehead atoms. The summed E-state index contributed by atoms with van der Waals surface area (Å²) in [5, 5.41) is 5.43. The Morgan fingerprint density at radius 1 is 1.00 bits per heavy atom. The summed E-state index contributed by atoms with van der Waals surface area (Å²) in [7, 11) is 1.58. The van der Waals surface area contributed by atoms with Crippen molar-refractivity contribution in [2.45, 2.75) is 18.5 Å². The van der Waals surface area contributed by atoms with Crippen molar-refractivity contribution in [3.63, 3.8) is 0 Å². The lowest BCUT2D eigenvalue weighted by Gasteiger charge is -2.11. The summed E-state index contributed by atoms with van der Waals surface area (Å²) in [5.74, 6) is -0.256. The van der Waals surface area contributed by atoms with E-state index in [9.17, 15) is 9.59 Å².